The van der Waals surface area contributed by atoms with Gasteiger partial charge in [-0.05, 0) is 41.5 Å². The van der Waals surface area contributed by atoms with Crippen molar-refractivity contribution in [1.82, 2.24) is 20.2 Å². The van der Waals surface area contributed by atoms with Crippen molar-refractivity contribution < 1.29 is 14.0 Å². The van der Waals surface area contributed by atoms with Gasteiger partial charge >= 0.3 is 6.03 Å². The van der Waals surface area contributed by atoms with Gasteiger partial charge in [0, 0.05) is 50.3 Å². The van der Waals surface area contributed by atoms with Crippen LogP contribution in [0.5, 0.6) is 0 Å². The van der Waals surface area contributed by atoms with E-state index in [4.69, 9.17) is 0 Å². The van der Waals surface area contributed by atoms with E-state index in [9.17, 15) is 14.0 Å². The summed E-state index contributed by atoms with van der Waals surface area (Å²) in [6.45, 7) is 1.74. The Morgan fingerprint density at radius 3 is 2.67 bits per heavy atom. The number of nitrogens with one attached hydrogen (secondary N) is 1. The van der Waals surface area contributed by atoms with E-state index in [1.54, 1.807) is 46.5 Å². The van der Waals surface area contributed by atoms with Gasteiger partial charge in [-0.2, -0.15) is 0 Å². The Labute approximate surface area is 173 Å². The number of hydrogen-bond acceptors (Lipinski definition) is 4. The summed E-state index contributed by atoms with van der Waals surface area (Å²) < 4.78 is 13.1. The van der Waals surface area contributed by atoms with Gasteiger partial charge in [0.1, 0.15) is 11.6 Å². The first-order valence-electron chi connectivity index (χ1n) is 9.54. The molecule has 3 aromatic rings. The highest BCUT2D eigenvalue weighted by Gasteiger charge is 2.30. The lowest BCUT2D eigenvalue weighted by atomic mass is 10.2. The minimum atomic E-state index is -0.309. The van der Waals surface area contributed by atoms with Crippen LogP contribution in [0.15, 0.2) is 67.1 Å². The van der Waals surface area contributed by atoms with Gasteiger partial charge in [-0.15, -0.1) is 0 Å². The number of hydrogen-bond donors (Lipinski definition) is 1. The largest absolute Gasteiger partial charge is 0.348 e. The maximum absolute atomic E-state index is 13.1. The molecule has 0 bridgehead atoms. The molecule has 0 saturated carbocycles. The van der Waals surface area contributed by atoms with Crippen molar-refractivity contribution in [2.75, 3.05) is 18.0 Å². The second-order valence-corrected chi connectivity index (χ2v) is 6.93. The minimum Gasteiger partial charge on any atom is -0.348 e. The van der Waals surface area contributed by atoms with Crippen LogP contribution in [-0.4, -0.2) is 39.9 Å². The Balaban J connectivity index is 1.41. The number of benzene rings is 1. The predicted molar refractivity (Wildman–Crippen MR) is 109 cm³/mol. The summed E-state index contributed by atoms with van der Waals surface area (Å²) in [6, 6.07) is 12.8. The van der Waals surface area contributed by atoms with E-state index >= 15 is 0 Å². The predicted octanol–water partition coefficient (Wildman–Crippen LogP) is 2.99. The molecular weight excluding hydrogens is 385 g/mol. The second kappa shape index (κ2) is 8.69. The van der Waals surface area contributed by atoms with Crippen LogP contribution in [0.1, 0.15) is 21.5 Å². The zero-order valence-electron chi connectivity index (χ0n) is 16.2. The lowest BCUT2D eigenvalue weighted by molar-refractivity contribution is 0.0950. The number of aromatic nitrogens is 2. The molecule has 7 nitrogen and oxygen atoms in total. The standard InChI is InChI=1S/C22H20FN5O2/c23-19-5-3-16(4-6-19)15-27-10-11-28(22(27)30)20-12-18(7-9-25-20)21(29)26-14-17-2-1-8-24-13-17/h1-9,12-13H,10-11,14-15H2,(H,26,29). The average molecular weight is 405 g/mol. The smallest absolute Gasteiger partial charge is 0.326 e. The van der Waals surface area contributed by atoms with E-state index in [1.807, 2.05) is 12.1 Å². The molecule has 1 N–H and O–H groups in total. The number of carbonyl (C=O) groups excluding carboxylic acids is 2. The SMILES string of the molecule is O=C(NCc1cccnc1)c1ccnc(N2CCN(Cc3ccc(F)cc3)C2=O)c1. The minimum absolute atomic E-state index is 0.195. The van der Waals surface area contributed by atoms with Gasteiger partial charge in [0.2, 0.25) is 0 Å². The molecule has 0 aliphatic carbocycles. The molecule has 1 aromatic carbocycles. The first-order valence-corrected chi connectivity index (χ1v) is 9.54. The second-order valence-electron chi connectivity index (χ2n) is 6.93. The summed E-state index contributed by atoms with van der Waals surface area (Å²) in [6.07, 6.45) is 4.88. The number of anilines is 1. The van der Waals surface area contributed by atoms with E-state index in [0.717, 1.165) is 11.1 Å². The fraction of sp³-hybridized carbons (Fsp3) is 0.182. The summed E-state index contributed by atoms with van der Waals surface area (Å²) in [4.78, 5) is 36.8. The average Bonchev–Trinajstić information content (AvgIpc) is 3.14. The molecule has 152 valence electrons. The third kappa shape index (κ3) is 4.43. The summed E-state index contributed by atoms with van der Waals surface area (Å²) >= 11 is 0. The number of nitrogens with zero attached hydrogens (tertiary/aromatic N) is 4. The molecule has 1 aliphatic heterocycles. The van der Waals surface area contributed by atoms with Crippen molar-refractivity contribution in [3.05, 3.63) is 89.6 Å². The number of pyridine rings is 2. The van der Waals surface area contributed by atoms with E-state index in [2.05, 4.69) is 15.3 Å². The first kappa shape index (κ1) is 19.5. The van der Waals surface area contributed by atoms with Crippen molar-refractivity contribution in [3.63, 3.8) is 0 Å². The van der Waals surface area contributed by atoms with E-state index in [1.165, 1.54) is 18.3 Å². The van der Waals surface area contributed by atoms with Crippen LogP contribution >= 0.6 is 0 Å². The van der Waals surface area contributed by atoms with Crippen molar-refractivity contribution in [3.8, 4) is 0 Å². The van der Waals surface area contributed by atoms with Crippen molar-refractivity contribution in [2.24, 2.45) is 0 Å². The van der Waals surface area contributed by atoms with Crippen LogP contribution in [0.4, 0.5) is 15.0 Å². The van der Waals surface area contributed by atoms with Crippen LogP contribution in [0.2, 0.25) is 0 Å². The van der Waals surface area contributed by atoms with Crippen molar-refractivity contribution >= 4 is 17.8 Å². The number of halogens is 1. The summed E-state index contributed by atoms with van der Waals surface area (Å²) in [5, 5.41) is 2.84. The van der Waals surface area contributed by atoms with Gasteiger partial charge in [-0.1, -0.05) is 18.2 Å². The fourth-order valence-electron chi connectivity index (χ4n) is 3.25. The van der Waals surface area contributed by atoms with Gasteiger partial charge in [0.05, 0.1) is 0 Å². The molecule has 1 saturated heterocycles. The highest BCUT2D eigenvalue weighted by Crippen LogP contribution is 2.21. The van der Waals surface area contributed by atoms with Gasteiger partial charge in [0.25, 0.3) is 5.91 Å². The Morgan fingerprint density at radius 2 is 1.90 bits per heavy atom. The zero-order chi connectivity index (χ0) is 20.9. The lowest BCUT2D eigenvalue weighted by Gasteiger charge is -2.18. The maximum atomic E-state index is 13.1. The van der Waals surface area contributed by atoms with Crippen LogP contribution < -0.4 is 10.2 Å². The molecule has 3 amide bonds. The Bertz CT molecular complexity index is 1040. The number of carbonyl (C=O) groups is 2. The normalized spacial score (nSPS) is 13.6. The van der Waals surface area contributed by atoms with Crippen molar-refractivity contribution in [1.29, 1.82) is 0 Å². The molecule has 4 rings (SSSR count). The highest BCUT2D eigenvalue weighted by atomic mass is 19.1. The molecule has 1 fully saturated rings. The topological polar surface area (TPSA) is 78.4 Å². The maximum Gasteiger partial charge on any atom is 0.326 e. The molecule has 1 aliphatic rings. The van der Waals surface area contributed by atoms with Gasteiger partial charge in [-0.3, -0.25) is 14.7 Å². The number of amides is 3. The zero-order valence-corrected chi connectivity index (χ0v) is 16.2. The van der Waals surface area contributed by atoms with Gasteiger partial charge < -0.3 is 10.2 Å². The molecule has 30 heavy (non-hydrogen) atoms. The molecular formula is C22H20FN5O2. The Hall–Kier alpha value is -3.81. The van der Waals surface area contributed by atoms with E-state index in [-0.39, 0.29) is 17.8 Å². The van der Waals surface area contributed by atoms with Crippen LogP contribution in [0.25, 0.3) is 0 Å². The molecule has 0 radical (unpaired) electrons. The molecule has 8 heteroatoms. The van der Waals surface area contributed by atoms with Crippen LogP contribution in [0, 0.1) is 5.82 Å². The van der Waals surface area contributed by atoms with Crippen LogP contribution in [0.3, 0.4) is 0 Å². The fourth-order valence-corrected chi connectivity index (χ4v) is 3.25. The van der Waals surface area contributed by atoms with Crippen molar-refractivity contribution in [2.45, 2.75) is 13.1 Å². The Kier molecular flexibility index (Phi) is 5.65. The highest BCUT2D eigenvalue weighted by molar-refractivity contribution is 5.97. The van der Waals surface area contributed by atoms with Gasteiger partial charge in [-0.25, -0.2) is 14.2 Å². The van der Waals surface area contributed by atoms with E-state index < -0.39 is 0 Å². The summed E-state index contributed by atoms with van der Waals surface area (Å²) in [7, 11) is 0. The first-order chi connectivity index (χ1) is 14.6. The number of urea groups is 1. The lowest BCUT2D eigenvalue weighted by Crippen LogP contribution is -2.32. The molecule has 3 heterocycles. The Morgan fingerprint density at radius 1 is 1.07 bits per heavy atom. The summed E-state index contributed by atoms with van der Waals surface area (Å²) in [5.74, 6) is -0.135. The third-order valence-electron chi connectivity index (χ3n) is 4.84. The van der Waals surface area contributed by atoms with E-state index in [0.29, 0.717) is 37.6 Å². The molecule has 0 spiro atoms. The molecule has 0 atom stereocenters. The third-order valence-corrected chi connectivity index (χ3v) is 4.84. The van der Waals surface area contributed by atoms with Gasteiger partial charge in [0.15, 0.2) is 0 Å². The quantitative estimate of drug-likeness (QED) is 0.684. The monoisotopic (exact) mass is 405 g/mol. The molecule has 0 unspecified atom stereocenters. The summed E-state index contributed by atoms with van der Waals surface area (Å²) in [5.41, 5.74) is 2.17. The molecule has 2 aromatic heterocycles. The van der Waals surface area contributed by atoms with Crippen LogP contribution in [-0.2, 0) is 13.1 Å². The number of rotatable bonds is 6.